The monoisotopic (exact) mass is 353 g/mol. The fourth-order valence-corrected chi connectivity index (χ4v) is 2.51. The lowest BCUT2D eigenvalue weighted by molar-refractivity contribution is 0.0625. The van der Waals surface area contributed by atoms with Gasteiger partial charge in [0.1, 0.15) is 6.54 Å². The number of carbonyl (C=O) groups excluding carboxylic acids is 2. The number of hydrogen-bond donors (Lipinski definition) is 0. The highest BCUT2D eigenvalue weighted by atomic mass is 35.5. The summed E-state index contributed by atoms with van der Waals surface area (Å²) in [6.07, 6.45) is 0. The first-order valence-corrected chi connectivity index (χ1v) is 7.62. The summed E-state index contributed by atoms with van der Waals surface area (Å²) in [6, 6.07) is 2.79. The molecule has 8 heteroatoms. The van der Waals surface area contributed by atoms with Crippen LogP contribution in [0.1, 0.15) is 53.2 Å². The Morgan fingerprint density at radius 2 is 1.61 bits per heavy atom. The number of carbonyl (C=O) groups is 2. The first kappa shape index (κ1) is 16.0. The van der Waals surface area contributed by atoms with E-state index in [4.69, 9.17) is 27.7 Å². The molecule has 0 unspecified atom stereocenters. The van der Waals surface area contributed by atoms with Crippen LogP contribution in [0.4, 0.5) is 0 Å². The number of fused-ring (bicyclic) bond motifs is 1. The minimum absolute atomic E-state index is 0.0926. The second-order valence-corrected chi connectivity index (χ2v) is 7.08. The zero-order valence-electron chi connectivity index (χ0n) is 12.7. The molecule has 2 heterocycles. The molecule has 2 aromatic rings. The lowest BCUT2D eigenvalue weighted by Crippen LogP contribution is -2.29. The lowest BCUT2D eigenvalue weighted by atomic mass is 9.96. The van der Waals surface area contributed by atoms with Crippen LogP contribution in [0.5, 0.6) is 0 Å². The van der Waals surface area contributed by atoms with E-state index in [0.29, 0.717) is 5.82 Å². The van der Waals surface area contributed by atoms with E-state index in [9.17, 15) is 9.59 Å². The Balaban J connectivity index is 1.89. The van der Waals surface area contributed by atoms with Gasteiger partial charge < -0.3 is 4.52 Å². The van der Waals surface area contributed by atoms with Crippen molar-refractivity contribution in [2.45, 2.75) is 32.7 Å². The van der Waals surface area contributed by atoms with E-state index in [0.717, 1.165) is 4.90 Å². The van der Waals surface area contributed by atoms with Crippen molar-refractivity contribution in [1.29, 1.82) is 0 Å². The van der Waals surface area contributed by atoms with Gasteiger partial charge in [-0.05, 0) is 12.1 Å². The molecule has 0 saturated carbocycles. The molecule has 0 bridgehead atoms. The van der Waals surface area contributed by atoms with E-state index in [2.05, 4.69) is 10.1 Å². The molecule has 3 rings (SSSR count). The van der Waals surface area contributed by atoms with E-state index in [1.807, 2.05) is 20.8 Å². The maximum atomic E-state index is 12.4. The molecular weight excluding hydrogens is 341 g/mol. The molecule has 1 aromatic heterocycles. The van der Waals surface area contributed by atoms with Gasteiger partial charge in [0.2, 0.25) is 5.89 Å². The van der Waals surface area contributed by atoms with Crippen molar-refractivity contribution < 1.29 is 14.1 Å². The molecule has 1 aliphatic heterocycles. The van der Waals surface area contributed by atoms with Gasteiger partial charge in [-0.3, -0.25) is 14.5 Å². The third kappa shape index (κ3) is 2.72. The molecule has 0 spiro atoms. The first-order chi connectivity index (χ1) is 10.7. The average Bonchev–Trinajstić information content (AvgIpc) is 3.01. The molecule has 120 valence electrons. The highest BCUT2D eigenvalue weighted by molar-refractivity contribution is 6.43. The van der Waals surface area contributed by atoms with Gasteiger partial charge in [-0.2, -0.15) is 4.98 Å². The van der Waals surface area contributed by atoms with Crippen LogP contribution in [-0.4, -0.2) is 26.9 Å². The Labute approximate surface area is 142 Å². The summed E-state index contributed by atoms with van der Waals surface area (Å²) in [5.74, 6) is -0.213. The van der Waals surface area contributed by atoms with Gasteiger partial charge in [-0.15, -0.1) is 0 Å². The Hall–Kier alpha value is -1.92. The van der Waals surface area contributed by atoms with E-state index in [1.54, 1.807) is 0 Å². The molecular formula is C15H13Cl2N3O3. The predicted octanol–water partition coefficient (Wildman–Crippen LogP) is 3.47. The second-order valence-electron chi connectivity index (χ2n) is 6.27. The second kappa shape index (κ2) is 5.32. The Morgan fingerprint density at radius 1 is 1.09 bits per heavy atom. The molecule has 2 amide bonds. The van der Waals surface area contributed by atoms with Crippen molar-refractivity contribution in [2.75, 3.05) is 0 Å². The van der Waals surface area contributed by atoms with Gasteiger partial charge in [0.25, 0.3) is 11.8 Å². The highest BCUT2D eigenvalue weighted by Gasteiger charge is 2.37. The molecule has 0 fully saturated rings. The fourth-order valence-electron chi connectivity index (χ4n) is 2.19. The Bertz CT molecular complexity index is 783. The maximum Gasteiger partial charge on any atom is 0.262 e. The number of amides is 2. The van der Waals surface area contributed by atoms with Crippen molar-refractivity contribution in [3.05, 3.63) is 45.0 Å². The third-order valence-corrected chi connectivity index (χ3v) is 4.17. The van der Waals surface area contributed by atoms with Crippen LogP contribution >= 0.6 is 23.2 Å². The summed E-state index contributed by atoms with van der Waals surface area (Å²) in [7, 11) is 0. The van der Waals surface area contributed by atoms with Crippen LogP contribution in [0.25, 0.3) is 0 Å². The van der Waals surface area contributed by atoms with Crippen molar-refractivity contribution in [3.63, 3.8) is 0 Å². The maximum absolute atomic E-state index is 12.4. The summed E-state index contributed by atoms with van der Waals surface area (Å²) in [6.45, 7) is 5.72. The van der Waals surface area contributed by atoms with E-state index >= 15 is 0 Å². The minimum Gasteiger partial charge on any atom is -0.337 e. The molecule has 0 aliphatic carbocycles. The molecule has 0 saturated heterocycles. The van der Waals surface area contributed by atoms with E-state index in [1.165, 1.54) is 12.1 Å². The fraction of sp³-hybridized carbons (Fsp3) is 0.333. The minimum atomic E-state index is -0.459. The van der Waals surface area contributed by atoms with Crippen LogP contribution in [0, 0.1) is 0 Å². The summed E-state index contributed by atoms with van der Waals surface area (Å²) < 4.78 is 5.14. The molecule has 23 heavy (non-hydrogen) atoms. The summed E-state index contributed by atoms with van der Waals surface area (Å²) >= 11 is 11.8. The number of halogens is 2. The van der Waals surface area contributed by atoms with Gasteiger partial charge in [0, 0.05) is 5.41 Å². The number of hydrogen-bond acceptors (Lipinski definition) is 5. The van der Waals surface area contributed by atoms with Gasteiger partial charge in [0.15, 0.2) is 5.82 Å². The van der Waals surface area contributed by atoms with E-state index < -0.39 is 11.8 Å². The van der Waals surface area contributed by atoms with Crippen LogP contribution in [0.2, 0.25) is 10.0 Å². The lowest BCUT2D eigenvalue weighted by Gasteiger charge is -2.12. The van der Waals surface area contributed by atoms with Gasteiger partial charge in [-0.1, -0.05) is 49.1 Å². The van der Waals surface area contributed by atoms with Gasteiger partial charge in [0.05, 0.1) is 21.2 Å². The molecule has 0 atom stereocenters. The topological polar surface area (TPSA) is 76.3 Å². The molecule has 0 radical (unpaired) electrons. The zero-order valence-corrected chi connectivity index (χ0v) is 14.2. The number of rotatable bonds is 2. The highest BCUT2D eigenvalue weighted by Crippen LogP contribution is 2.32. The number of imide groups is 1. The van der Waals surface area contributed by atoms with E-state index in [-0.39, 0.29) is 39.0 Å². The summed E-state index contributed by atoms with van der Waals surface area (Å²) in [5, 5.41) is 4.33. The number of benzene rings is 1. The van der Waals surface area contributed by atoms with Crippen molar-refractivity contribution in [1.82, 2.24) is 15.0 Å². The molecule has 1 aromatic carbocycles. The standard InChI is InChI=1S/C15H13Cl2N3O3/c1-15(2,3)14-18-11(23-19-14)6-20-12(21)7-4-9(16)10(17)5-8(7)13(20)22/h4-5H,6H2,1-3H3. The summed E-state index contributed by atoms with van der Waals surface area (Å²) in [5.41, 5.74) is 0.157. The van der Waals surface area contributed by atoms with Crippen LogP contribution < -0.4 is 0 Å². The summed E-state index contributed by atoms with van der Waals surface area (Å²) in [4.78, 5) is 30.1. The van der Waals surface area contributed by atoms with Crippen LogP contribution in [0.3, 0.4) is 0 Å². The quantitative estimate of drug-likeness (QED) is 0.772. The van der Waals surface area contributed by atoms with Crippen molar-refractivity contribution in [2.24, 2.45) is 0 Å². The van der Waals surface area contributed by atoms with Crippen LogP contribution in [0.15, 0.2) is 16.7 Å². The normalized spacial score (nSPS) is 14.6. The third-order valence-electron chi connectivity index (χ3n) is 3.44. The predicted molar refractivity (Wildman–Crippen MR) is 83.7 cm³/mol. The van der Waals surface area contributed by atoms with Gasteiger partial charge in [-0.25, -0.2) is 0 Å². The molecule has 0 N–H and O–H groups in total. The van der Waals surface area contributed by atoms with Gasteiger partial charge >= 0.3 is 0 Å². The Kier molecular flexibility index (Phi) is 3.69. The first-order valence-electron chi connectivity index (χ1n) is 6.87. The SMILES string of the molecule is CC(C)(C)c1noc(CN2C(=O)c3cc(Cl)c(Cl)cc3C2=O)n1. The molecule has 1 aliphatic rings. The smallest absolute Gasteiger partial charge is 0.262 e. The zero-order chi connectivity index (χ0) is 16.9. The van der Waals surface area contributed by atoms with Crippen LogP contribution in [-0.2, 0) is 12.0 Å². The van der Waals surface area contributed by atoms with Crippen molar-refractivity contribution in [3.8, 4) is 0 Å². The molecule has 6 nitrogen and oxygen atoms in total. The van der Waals surface area contributed by atoms with Crippen molar-refractivity contribution >= 4 is 35.0 Å². The number of nitrogens with zero attached hydrogens (tertiary/aromatic N) is 3. The largest absolute Gasteiger partial charge is 0.337 e. The number of aromatic nitrogens is 2. The Morgan fingerprint density at radius 3 is 2.04 bits per heavy atom. The average molecular weight is 354 g/mol.